The van der Waals surface area contributed by atoms with Gasteiger partial charge in [-0.25, -0.2) is 0 Å². The van der Waals surface area contributed by atoms with Gasteiger partial charge in [-0.2, -0.15) is 11.3 Å². The second-order valence-electron chi connectivity index (χ2n) is 6.10. The zero-order valence-corrected chi connectivity index (χ0v) is 12.6. The number of nitrogens with zero attached hydrogens (tertiary/aromatic N) is 1. The molecule has 0 saturated carbocycles. The van der Waals surface area contributed by atoms with Gasteiger partial charge in [0.25, 0.3) is 0 Å². The lowest BCUT2D eigenvalue weighted by atomic mass is 9.83. The molecule has 2 unspecified atom stereocenters. The number of nitrogens with one attached hydrogen (secondary N) is 1. The Morgan fingerprint density at radius 3 is 2.58 bits per heavy atom. The number of hydrogen-bond acceptors (Lipinski definition) is 3. The molecule has 2 atom stereocenters. The normalized spacial score (nSPS) is 24.5. The van der Waals surface area contributed by atoms with Crippen LogP contribution in [0.3, 0.4) is 0 Å². The third-order valence-electron chi connectivity index (χ3n) is 3.33. The van der Waals surface area contributed by atoms with E-state index in [0.29, 0.717) is 6.54 Å². The van der Waals surface area contributed by atoms with Crippen LogP contribution in [0.2, 0.25) is 0 Å². The second kappa shape index (κ2) is 4.96. The Balaban J connectivity index is 2.31. The molecular weight excluding hydrogens is 260 g/mol. The van der Waals surface area contributed by atoms with Crippen molar-refractivity contribution in [1.29, 1.82) is 0 Å². The zero-order chi connectivity index (χ0) is 14.2. The molecular formula is C14H20N2O2S. The lowest BCUT2D eigenvalue weighted by Gasteiger charge is -2.44. The first kappa shape index (κ1) is 14.1. The summed E-state index contributed by atoms with van der Waals surface area (Å²) < 4.78 is 0. The van der Waals surface area contributed by atoms with E-state index < -0.39 is 12.1 Å². The van der Waals surface area contributed by atoms with E-state index in [1.165, 1.54) is 0 Å². The van der Waals surface area contributed by atoms with Crippen LogP contribution in [0.5, 0.6) is 0 Å². The molecule has 0 bridgehead atoms. The summed E-state index contributed by atoms with van der Waals surface area (Å²) in [5.74, 6) is -0.0689. The van der Waals surface area contributed by atoms with E-state index in [1.807, 2.05) is 37.6 Å². The summed E-state index contributed by atoms with van der Waals surface area (Å²) in [5, 5.41) is 6.77. The fourth-order valence-electron chi connectivity index (χ4n) is 2.48. The smallest absolute Gasteiger partial charge is 0.245 e. The van der Waals surface area contributed by atoms with Gasteiger partial charge in [-0.1, -0.05) is 20.8 Å². The SMILES string of the molecule is CC1NC(=O)C(C(C)(C)C)N(Cc2ccsc2)C1=O. The van der Waals surface area contributed by atoms with Crippen molar-refractivity contribution in [2.24, 2.45) is 5.41 Å². The quantitative estimate of drug-likeness (QED) is 0.901. The molecule has 0 aliphatic carbocycles. The highest BCUT2D eigenvalue weighted by Gasteiger charge is 2.44. The molecule has 0 aromatic carbocycles. The third kappa shape index (κ3) is 2.81. The number of amides is 2. The zero-order valence-electron chi connectivity index (χ0n) is 11.8. The van der Waals surface area contributed by atoms with Crippen LogP contribution >= 0.6 is 11.3 Å². The molecule has 104 valence electrons. The molecule has 1 N–H and O–H groups in total. The number of thiophene rings is 1. The van der Waals surface area contributed by atoms with Gasteiger partial charge in [0.05, 0.1) is 0 Å². The van der Waals surface area contributed by atoms with Gasteiger partial charge in [0.15, 0.2) is 0 Å². The fourth-order valence-corrected chi connectivity index (χ4v) is 3.14. The first-order valence-corrected chi connectivity index (χ1v) is 7.37. The van der Waals surface area contributed by atoms with Crippen molar-refractivity contribution in [3.8, 4) is 0 Å². The fraction of sp³-hybridized carbons (Fsp3) is 0.571. The highest BCUT2D eigenvalue weighted by Crippen LogP contribution is 2.29. The van der Waals surface area contributed by atoms with Crippen molar-refractivity contribution in [3.05, 3.63) is 22.4 Å². The maximum absolute atomic E-state index is 12.4. The molecule has 4 nitrogen and oxygen atoms in total. The monoisotopic (exact) mass is 280 g/mol. The first-order valence-electron chi connectivity index (χ1n) is 6.42. The van der Waals surface area contributed by atoms with E-state index in [2.05, 4.69) is 5.32 Å². The van der Waals surface area contributed by atoms with Crippen molar-refractivity contribution in [3.63, 3.8) is 0 Å². The molecule has 2 heterocycles. The minimum absolute atomic E-state index is 0.00859. The summed E-state index contributed by atoms with van der Waals surface area (Å²) in [7, 11) is 0. The van der Waals surface area contributed by atoms with Gasteiger partial charge in [-0.3, -0.25) is 9.59 Å². The predicted molar refractivity (Wildman–Crippen MR) is 75.7 cm³/mol. The Hall–Kier alpha value is -1.36. The average molecular weight is 280 g/mol. The summed E-state index contributed by atoms with van der Waals surface area (Å²) >= 11 is 1.60. The summed E-state index contributed by atoms with van der Waals surface area (Å²) in [4.78, 5) is 26.3. The maximum atomic E-state index is 12.4. The molecule has 0 spiro atoms. The van der Waals surface area contributed by atoms with E-state index in [-0.39, 0.29) is 17.2 Å². The Morgan fingerprint density at radius 2 is 2.05 bits per heavy atom. The van der Waals surface area contributed by atoms with Crippen molar-refractivity contribution in [2.45, 2.75) is 46.3 Å². The van der Waals surface area contributed by atoms with E-state index in [4.69, 9.17) is 0 Å². The minimum Gasteiger partial charge on any atom is -0.343 e. The van der Waals surface area contributed by atoms with Crippen LogP contribution in [0.4, 0.5) is 0 Å². The molecule has 19 heavy (non-hydrogen) atoms. The van der Waals surface area contributed by atoms with Gasteiger partial charge in [0.1, 0.15) is 12.1 Å². The molecule has 1 aliphatic heterocycles. The summed E-state index contributed by atoms with van der Waals surface area (Å²) in [5.41, 5.74) is 0.796. The van der Waals surface area contributed by atoms with E-state index in [9.17, 15) is 9.59 Å². The minimum atomic E-state index is -0.440. The van der Waals surface area contributed by atoms with Crippen LogP contribution in [-0.2, 0) is 16.1 Å². The predicted octanol–water partition coefficient (Wildman–Crippen LogP) is 2.01. The summed E-state index contributed by atoms with van der Waals surface area (Å²) in [6.45, 7) is 8.20. The first-order chi connectivity index (χ1) is 8.80. The highest BCUT2D eigenvalue weighted by molar-refractivity contribution is 7.07. The lowest BCUT2D eigenvalue weighted by Crippen LogP contribution is -2.65. The standard InChI is InChI=1S/C14H20N2O2S/c1-9-13(18)16(7-10-5-6-19-8-10)11(12(17)15-9)14(2,3)4/h5-6,8-9,11H,7H2,1-4H3,(H,15,17). The molecule has 2 amide bonds. The largest absolute Gasteiger partial charge is 0.343 e. The molecule has 1 aliphatic rings. The summed E-state index contributed by atoms with van der Waals surface area (Å²) in [6, 6.07) is 1.13. The van der Waals surface area contributed by atoms with Crippen LogP contribution in [0.15, 0.2) is 16.8 Å². The molecule has 1 saturated heterocycles. The van der Waals surface area contributed by atoms with Gasteiger partial charge in [-0.05, 0) is 34.7 Å². The van der Waals surface area contributed by atoms with Gasteiger partial charge in [-0.15, -0.1) is 0 Å². The van der Waals surface area contributed by atoms with Crippen molar-refractivity contribution < 1.29 is 9.59 Å². The van der Waals surface area contributed by atoms with Crippen molar-refractivity contribution in [2.75, 3.05) is 0 Å². The Bertz CT molecular complexity index is 476. The average Bonchev–Trinajstić information content (AvgIpc) is 2.76. The van der Waals surface area contributed by atoms with E-state index >= 15 is 0 Å². The van der Waals surface area contributed by atoms with Gasteiger partial charge >= 0.3 is 0 Å². The molecule has 1 aromatic rings. The second-order valence-corrected chi connectivity index (χ2v) is 6.88. The Labute approximate surface area is 117 Å². The van der Waals surface area contributed by atoms with Gasteiger partial charge in [0, 0.05) is 6.54 Å². The number of carbonyl (C=O) groups excluding carboxylic acids is 2. The lowest BCUT2D eigenvalue weighted by molar-refractivity contribution is -0.154. The number of rotatable bonds is 2. The van der Waals surface area contributed by atoms with Crippen LogP contribution < -0.4 is 5.32 Å². The Morgan fingerprint density at radius 1 is 1.37 bits per heavy atom. The maximum Gasteiger partial charge on any atom is 0.245 e. The third-order valence-corrected chi connectivity index (χ3v) is 4.06. The van der Waals surface area contributed by atoms with Crippen LogP contribution in [0.25, 0.3) is 0 Å². The Kier molecular flexibility index (Phi) is 3.67. The number of hydrogen-bond donors (Lipinski definition) is 1. The highest BCUT2D eigenvalue weighted by atomic mass is 32.1. The van der Waals surface area contributed by atoms with Gasteiger partial charge < -0.3 is 10.2 Å². The van der Waals surface area contributed by atoms with Crippen LogP contribution in [0, 0.1) is 5.41 Å². The molecule has 1 aromatic heterocycles. The molecule has 1 fully saturated rings. The molecule has 2 rings (SSSR count). The molecule has 0 radical (unpaired) electrons. The van der Waals surface area contributed by atoms with Crippen LogP contribution in [-0.4, -0.2) is 28.8 Å². The van der Waals surface area contributed by atoms with Crippen LogP contribution in [0.1, 0.15) is 33.3 Å². The molecule has 5 heteroatoms. The summed E-state index contributed by atoms with van der Waals surface area (Å²) in [6.07, 6.45) is 0. The number of carbonyl (C=O) groups is 2. The number of piperazine rings is 1. The van der Waals surface area contributed by atoms with Crippen molar-refractivity contribution >= 4 is 23.2 Å². The topological polar surface area (TPSA) is 49.4 Å². The van der Waals surface area contributed by atoms with E-state index in [1.54, 1.807) is 23.2 Å². The van der Waals surface area contributed by atoms with Gasteiger partial charge in [0.2, 0.25) is 11.8 Å². The van der Waals surface area contributed by atoms with Crippen molar-refractivity contribution in [1.82, 2.24) is 10.2 Å². The van der Waals surface area contributed by atoms with E-state index in [0.717, 1.165) is 5.56 Å².